The zero-order valence-corrected chi connectivity index (χ0v) is 20.7. The third kappa shape index (κ3) is 4.87. The molecule has 0 spiro atoms. The van der Waals surface area contributed by atoms with Crippen molar-refractivity contribution in [2.24, 2.45) is 0 Å². The number of benzene rings is 2. The summed E-state index contributed by atoms with van der Waals surface area (Å²) in [5, 5.41) is 17.9. The molecule has 0 amide bonds. The van der Waals surface area contributed by atoms with Gasteiger partial charge in [0.25, 0.3) is 0 Å². The number of halogens is 3. The third-order valence-corrected chi connectivity index (χ3v) is 6.71. The largest absolute Gasteiger partial charge is 0.479 e. The van der Waals surface area contributed by atoms with E-state index in [-0.39, 0.29) is 22.3 Å². The van der Waals surface area contributed by atoms with Crippen LogP contribution in [0.25, 0.3) is 11.3 Å². The Kier molecular flexibility index (Phi) is 7.03. The number of carbonyl (C=O) groups is 2. The second-order valence-corrected chi connectivity index (χ2v) is 9.34. The monoisotopic (exact) mass is 579 g/mol. The molecule has 1 aromatic heterocycles. The number of carboxylic acid groups (broad SMARTS) is 1. The number of hydrogen-bond donors (Lipinski definition) is 1. The number of aliphatic carboxylic acids is 1. The Morgan fingerprint density at radius 2 is 1.89 bits per heavy atom. The van der Waals surface area contributed by atoms with E-state index in [9.17, 15) is 23.5 Å². The molecule has 37 heavy (non-hydrogen) atoms. The first kappa shape index (κ1) is 25.4. The predicted octanol–water partition coefficient (Wildman–Crippen LogP) is 3.42. The van der Waals surface area contributed by atoms with Crippen molar-refractivity contribution >= 4 is 27.9 Å². The smallest absolute Gasteiger partial charge is 0.336 e. The summed E-state index contributed by atoms with van der Waals surface area (Å²) in [6.45, 7) is 1.11. The average Bonchev–Trinajstić information content (AvgIpc) is 3.36. The maximum Gasteiger partial charge on any atom is 0.336 e. The summed E-state index contributed by atoms with van der Waals surface area (Å²) in [5.41, 5.74) is 0.521. The van der Waals surface area contributed by atoms with Crippen LogP contribution in [0.2, 0.25) is 0 Å². The summed E-state index contributed by atoms with van der Waals surface area (Å²) in [7, 11) is 0. The third-order valence-electron chi connectivity index (χ3n) is 6.10. The highest BCUT2D eigenvalue weighted by atomic mass is 79.9. The topological polar surface area (TPSA) is 122 Å². The van der Waals surface area contributed by atoms with Crippen molar-refractivity contribution in [3.8, 4) is 11.3 Å². The van der Waals surface area contributed by atoms with Gasteiger partial charge in [0.15, 0.2) is 30.1 Å². The molecule has 2 saturated heterocycles. The first-order valence-corrected chi connectivity index (χ1v) is 12.0. The molecule has 0 radical (unpaired) electrons. The van der Waals surface area contributed by atoms with Gasteiger partial charge < -0.3 is 24.1 Å². The summed E-state index contributed by atoms with van der Waals surface area (Å²) in [6, 6.07) is 10.6. The molecule has 3 aromatic rings. The number of carboxylic acids is 1. The number of fused-ring (bicyclic) bond motifs is 1. The van der Waals surface area contributed by atoms with Crippen LogP contribution in [0.15, 0.2) is 53.1 Å². The van der Waals surface area contributed by atoms with Gasteiger partial charge in [0.05, 0.1) is 17.3 Å². The molecule has 6 atom stereocenters. The van der Waals surface area contributed by atoms with Crippen LogP contribution in [0.1, 0.15) is 24.8 Å². The van der Waals surface area contributed by atoms with Crippen LogP contribution in [-0.2, 0) is 28.5 Å². The van der Waals surface area contributed by atoms with Crippen molar-refractivity contribution in [3.63, 3.8) is 0 Å². The number of aromatic nitrogens is 3. The molecular formula is C24H20BrF2N3O7. The van der Waals surface area contributed by atoms with Crippen molar-refractivity contribution in [1.82, 2.24) is 15.0 Å². The van der Waals surface area contributed by atoms with Gasteiger partial charge in [0.2, 0.25) is 0 Å². The van der Waals surface area contributed by atoms with Crippen molar-refractivity contribution in [2.75, 3.05) is 6.61 Å². The molecular weight excluding hydrogens is 560 g/mol. The van der Waals surface area contributed by atoms with Crippen LogP contribution in [0.3, 0.4) is 0 Å². The van der Waals surface area contributed by atoms with E-state index < -0.39 is 60.3 Å². The van der Waals surface area contributed by atoms with Crippen molar-refractivity contribution in [1.29, 1.82) is 0 Å². The predicted molar refractivity (Wildman–Crippen MR) is 124 cm³/mol. The Labute approximate surface area is 217 Å². The molecule has 13 heteroatoms. The van der Waals surface area contributed by atoms with Crippen molar-refractivity contribution in [3.05, 3.63) is 70.3 Å². The van der Waals surface area contributed by atoms with Crippen LogP contribution in [0.5, 0.6) is 0 Å². The van der Waals surface area contributed by atoms with Gasteiger partial charge >= 0.3 is 11.9 Å². The molecule has 2 aliphatic heterocycles. The summed E-state index contributed by atoms with van der Waals surface area (Å²) < 4.78 is 53.1. The second kappa shape index (κ2) is 10.2. The van der Waals surface area contributed by atoms with Crippen LogP contribution in [-0.4, -0.2) is 63.1 Å². The lowest BCUT2D eigenvalue weighted by atomic mass is 9.91. The SMILES string of the molecule is CC(=O)O[C@@H]1[C@@H](n2cc(-c3ccc(Br)c(F)c3F)nn2)[C@H]2O[C@@H](c3ccccc3)OC[C@H]2O[C@H]1C(=O)O. The normalized spacial score (nSPS) is 27.4. The Balaban J connectivity index is 1.56. The van der Waals surface area contributed by atoms with Gasteiger partial charge in [-0.3, -0.25) is 4.79 Å². The van der Waals surface area contributed by atoms with E-state index in [1.165, 1.54) is 23.0 Å². The number of nitrogens with zero attached hydrogens (tertiary/aromatic N) is 3. The first-order valence-electron chi connectivity index (χ1n) is 11.2. The maximum absolute atomic E-state index is 14.6. The van der Waals surface area contributed by atoms with Gasteiger partial charge in [-0.2, -0.15) is 0 Å². The fourth-order valence-electron chi connectivity index (χ4n) is 4.47. The lowest BCUT2D eigenvalue weighted by Crippen LogP contribution is -2.62. The molecule has 2 fully saturated rings. The molecule has 2 aliphatic rings. The van der Waals surface area contributed by atoms with Crippen LogP contribution < -0.4 is 0 Å². The molecule has 1 N–H and O–H groups in total. The van der Waals surface area contributed by atoms with E-state index in [0.29, 0.717) is 5.56 Å². The van der Waals surface area contributed by atoms with Gasteiger partial charge in [-0.1, -0.05) is 35.5 Å². The molecule has 10 nitrogen and oxygen atoms in total. The maximum atomic E-state index is 14.6. The first-order chi connectivity index (χ1) is 17.7. The molecule has 0 bridgehead atoms. The average molecular weight is 580 g/mol. The minimum absolute atomic E-state index is 0.0212. The van der Waals surface area contributed by atoms with Gasteiger partial charge in [-0.05, 0) is 28.1 Å². The molecule has 2 aromatic carbocycles. The van der Waals surface area contributed by atoms with Crippen molar-refractivity contribution < 1.29 is 42.4 Å². The lowest BCUT2D eigenvalue weighted by Gasteiger charge is -2.47. The molecule has 0 saturated carbocycles. The van der Waals surface area contributed by atoms with Gasteiger partial charge in [0.1, 0.15) is 23.9 Å². The van der Waals surface area contributed by atoms with E-state index in [2.05, 4.69) is 26.2 Å². The highest BCUT2D eigenvalue weighted by molar-refractivity contribution is 9.10. The Hall–Kier alpha value is -3.26. The van der Waals surface area contributed by atoms with Crippen LogP contribution >= 0.6 is 15.9 Å². The molecule has 194 valence electrons. The van der Waals surface area contributed by atoms with Gasteiger partial charge in [-0.15, -0.1) is 5.10 Å². The zero-order chi connectivity index (χ0) is 26.3. The molecule has 0 unspecified atom stereocenters. The fraction of sp³-hybridized carbons (Fsp3) is 0.333. The Morgan fingerprint density at radius 1 is 1.14 bits per heavy atom. The Morgan fingerprint density at radius 3 is 2.59 bits per heavy atom. The summed E-state index contributed by atoms with van der Waals surface area (Å²) in [6.07, 6.45) is -4.25. The minimum Gasteiger partial charge on any atom is -0.479 e. The number of rotatable bonds is 5. The van der Waals surface area contributed by atoms with Crippen LogP contribution in [0, 0.1) is 11.6 Å². The standard InChI is InChI=1S/C24H20BrF2N3O7/c1-11(31)35-21-19(30-9-15(28-29-30)13-7-8-14(25)18(27)17(13)26)20-16(36-22(21)23(32)33)10-34-24(37-20)12-5-3-2-4-6-12/h2-9,16,19-22,24H,10H2,1H3,(H,32,33)/t16-,19+,20+,21-,22-,24+/m1/s1. The Bertz CT molecular complexity index is 1320. The van der Waals surface area contributed by atoms with Gasteiger partial charge in [0, 0.05) is 18.1 Å². The zero-order valence-electron chi connectivity index (χ0n) is 19.2. The lowest BCUT2D eigenvalue weighted by molar-refractivity contribution is -0.315. The number of carbonyl (C=O) groups excluding carboxylic acids is 1. The van der Waals surface area contributed by atoms with E-state index in [1.54, 1.807) is 24.3 Å². The summed E-state index contributed by atoms with van der Waals surface area (Å²) in [4.78, 5) is 24.1. The molecule has 3 heterocycles. The number of hydrogen-bond acceptors (Lipinski definition) is 8. The van der Waals surface area contributed by atoms with E-state index in [1.807, 2.05) is 6.07 Å². The van der Waals surface area contributed by atoms with E-state index in [0.717, 1.165) is 6.92 Å². The quantitative estimate of drug-likeness (QED) is 0.358. The van der Waals surface area contributed by atoms with E-state index >= 15 is 0 Å². The fourth-order valence-corrected chi connectivity index (χ4v) is 4.78. The number of ether oxygens (including phenoxy) is 4. The molecule has 5 rings (SSSR count). The number of esters is 1. The van der Waals surface area contributed by atoms with Crippen LogP contribution in [0.4, 0.5) is 8.78 Å². The van der Waals surface area contributed by atoms with Gasteiger partial charge in [-0.25, -0.2) is 18.3 Å². The summed E-state index contributed by atoms with van der Waals surface area (Å²) >= 11 is 2.93. The van der Waals surface area contributed by atoms with Crippen molar-refractivity contribution in [2.45, 2.75) is 43.7 Å². The molecule has 0 aliphatic carbocycles. The highest BCUT2D eigenvalue weighted by Gasteiger charge is 2.55. The second-order valence-electron chi connectivity index (χ2n) is 8.48. The van der Waals surface area contributed by atoms with E-state index in [4.69, 9.17) is 18.9 Å². The highest BCUT2D eigenvalue weighted by Crippen LogP contribution is 2.41. The summed E-state index contributed by atoms with van der Waals surface area (Å²) in [5.74, 6) is -4.37. The minimum atomic E-state index is -1.58.